The zero-order valence-corrected chi connectivity index (χ0v) is 12.9. The molecule has 1 fully saturated rings. The summed E-state index contributed by atoms with van der Waals surface area (Å²) in [5.41, 5.74) is 2.77. The Morgan fingerprint density at radius 3 is 2.57 bits per heavy atom. The molecule has 1 aliphatic rings. The summed E-state index contributed by atoms with van der Waals surface area (Å²) in [7, 11) is 0. The van der Waals surface area contributed by atoms with Crippen LogP contribution in [0.5, 0.6) is 0 Å². The Morgan fingerprint density at radius 1 is 1.29 bits per heavy atom. The number of carbonyl (C=O) groups excluding carboxylic acids is 1. The Labute approximate surface area is 125 Å². The Hall–Kier alpha value is -1.84. The third-order valence-electron chi connectivity index (χ3n) is 4.59. The van der Waals surface area contributed by atoms with Crippen LogP contribution in [-0.4, -0.2) is 34.5 Å². The van der Waals surface area contributed by atoms with Crippen molar-refractivity contribution in [2.75, 3.05) is 6.54 Å². The van der Waals surface area contributed by atoms with Crippen LogP contribution in [0.3, 0.4) is 0 Å². The lowest BCUT2D eigenvalue weighted by atomic mass is 9.88. The van der Waals surface area contributed by atoms with E-state index in [0.717, 1.165) is 24.0 Å². The van der Waals surface area contributed by atoms with Gasteiger partial charge >= 0.3 is 5.97 Å². The molecule has 1 saturated heterocycles. The van der Waals surface area contributed by atoms with E-state index in [1.165, 1.54) is 4.90 Å². The number of aliphatic carboxylic acids is 1. The van der Waals surface area contributed by atoms with Crippen LogP contribution < -0.4 is 0 Å². The summed E-state index contributed by atoms with van der Waals surface area (Å²) in [4.78, 5) is 25.7. The third kappa shape index (κ3) is 3.26. The second kappa shape index (κ2) is 6.29. The molecule has 1 heterocycles. The molecule has 21 heavy (non-hydrogen) atoms. The van der Waals surface area contributed by atoms with Gasteiger partial charge in [0.2, 0.25) is 0 Å². The highest BCUT2D eigenvalue weighted by Crippen LogP contribution is 2.27. The number of hydrogen-bond donors (Lipinski definition) is 1. The van der Waals surface area contributed by atoms with Gasteiger partial charge in [0.15, 0.2) is 0 Å². The van der Waals surface area contributed by atoms with Gasteiger partial charge in [-0.15, -0.1) is 0 Å². The number of piperidine rings is 1. The quantitative estimate of drug-likeness (QED) is 0.930. The standard InChI is InChI=1S/C17H23NO3/c1-4-13-7-8-18(15(10-13)17(20)21)16(19)14-6-5-11(2)12(3)9-14/h5-6,9,13,15H,4,7-8,10H2,1-3H3,(H,20,21). The molecule has 1 aliphatic heterocycles. The molecule has 1 aromatic carbocycles. The number of nitrogens with zero attached hydrogens (tertiary/aromatic N) is 1. The minimum atomic E-state index is -0.898. The molecule has 1 amide bonds. The molecule has 0 spiro atoms. The summed E-state index contributed by atoms with van der Waals surface area (Å²) in [6.45, 7) is 6.56. The number of likely N-dealkylation sites (tertiary alicyclic amines) is 1. The van der Waals surface area contributed by atoms with Gasteiger partial charge in [-0.2, -0.15) is 0 Å². The fourth-order valence-corrected chi connectivity index (χ4v) is 2.93. The molecule has 1 N–H and O–H groups in total. The van der Waals surface area contributed by atoms with Crippen molar-refractivity contribution in [1.29, 1.82) is 0 Å². The first-order valence-electron chi connectivity index (χ1n) is 7.55. The van der Waals surface area contributed by atoms with Gasteiger partial charge in [-0.05, 0) is 55.9 Å². The summed E-state index contributed by atoms with van der Waals surface area (Å²) >= 11 is 0. The normalized spacial score (nSPS) is 22.1. The molecule has 4 nitrogen and oxygen atoms in total. The summed E-state index contributed by atoms with van der Waals surface area (Å²) in [5.74, 6) is -0.666. The molecular formula is C17H23NO3. The summed E-state index contributed by atoms with van der Waals surface area (Å²) in [6, 6.07) is 4.85. The zero-order chi connectivity index (χ0) is 15.6. The molecule has 0 saturated carbocycles. The topological polar surface area (TPSA) is 57.6 Å². The second-order valence-electron chi connectivity index (χ2n) is 5.95. The second-order valence-corrected chi connectivity index (χ2v) is 5.95. The molecule has 0 aromatic heterocycles. The van der Waals surface area contributed by atoms with Gasteiger partial charge in [0, 0.05) is 12.1 Å². The number of aryl methyl sites for hydroxylation is 2. The first-order chi connectivity index (χ1) is 9.93. The van der Waals surface area contributed by atoms with Gasteiger partial charge in [-0.25, -0.2) is 4.79 Å². The van der Waals surface area contributed by atoms with Gasteiger partial charge in [0.25, 0.3) is 5.91 Å². The van der Waals surface area contributed by atoms with E-state index in [-0.39, 0.29) is 5.91 Å². The van der Waals surface area contributed by atoms with Crippen molar-refractivity contribution in [3.63, 3.8) is 0 Å². The number of carboxylic acid groups (broad SMARTS) is 1. The Bertz CT molecular complexity index is 553. The average molecular weight is 289 g/mol. The molecule has 1 aromatic rings. The van der Waals surface area contributed by atoms with Gasteiger partial charge in [-0.1, -0.05) is 19.4 Å². The van der Waals surface area contributed by atoms with Crippen molar-refractivity contribution < 1.29 is 14.7 Å². The van der Waals surface area contributed by atoms with E-state index >= 15 is 0 Å². The van der Waals surface area contributed by atoms with Crippen LogP contribution in [0.1, 0.15) is 47.7 Å². The number of amides is 1. The smallest absolute Gasteiger partial charge is 0.326 e. The predicted octanol–water partition coefficient (Wildman–Crippen LogP) is 3.02. The minimum Gasteiger partial charge on any atom is -0.480 e. The van der Waals surface area contributed by atoms with Crippen LogP contribution in [0.2, 0.25) is 0 Å². The van der Waals surface area contributed by atoms with Gasteiger partial charge in [0.1, 0.15) is 6.04 Å². The van der Waals surface area contributed by atoms with Crippen molar-refractivity contribution in [3.05, 3.63) is 34.9 Å². The highest BCUT2D eigenvalue weighted by atomic mass is 16.4. The van der Waals surface area contributed by atoms with Crippen molar-refractivity contribution in [3.8, 4) is 0 Å². The monoisotopic (exact) mass is 289 g/mol. The minimum absolute atomic E-state index is 0.167. The number of carboxylic acids is 1. The lowest BCUT2D eigenvalue weighted by Gasteiger charge is -2.37. The van der Waals surface area contributed by atoms with Crippen LogP contribution in [0.25, 0.3) is 0 Å². The van der Waals surface area contributed by atoms with Crippen LogP contribution in [0.4, 0.5) is 0 Å². The Morgan fingerprint density at radius 2 is 2.00 bits per heavy atom. The van der Waals surface area contributed by atoms with E-state index in [1.54, 1.807) is 6.07 Å². The molecule has 2 unspecified atom stereocenters. The summed E-state index contributed by atoms with van der Waals surface area (Å²) in [5, 5.41) is 9.42. The van der Waals surface area contributed by atoms with Crippen molar-refractivity contribution in [2.45, 2.75) is 46.1 Å². The summed E-state index contributed by atoms with van der Waals surface area (Å²) in [6.07, 6.45) is 2.41. The number of carbonyl (C=O) groups is 2. The average Bonchev–Trinajstić information content (AvgIpc) is 2.48. The number of benzene rings is 1. The lowest BCUT2D eigenvalue weighted by molar-refractivity contribution is -0.144. The van der Waals surface area contributed by atoms with Crippen molar-refractivity contribution >= 4 is 11.9 Å². The largest absolute Gasteiger partial charge is 0.480 e. The molecular weight excluding hydrogens is 266 g/mol. The van der Waals surface area contributed by atoms with E-state index in [4.69, 9.17) is 0 Å². The highest BCUT2D eigenvalue weighted by Gasteiger charge is 2.35. The molecule has 0 bridgehead atoms. The molecule has 0 radical (unpaired) electrons. The maximum absolute atomic E-state index is 12.6. The molecule has 114 valence electrons. The lowest BCUT2D eigenvalue weighted by Crippen LogP contribution is -2.50. The first kappa shape index (κ1) is 15.5. The number of hydrogen-bond acceptors (Lipinski definition) is 2. The number of rotatable bonds is 3. The van der Waals surface area contributed by atoms with Crippen LogP contribution in [-0.2, 0) is 4.79 Å². The molecule has 2 rings (SSSR count). The van der Waals surface area contributed by atoms with E-state index in [9.17, 15) is 14.7 Å². The van der Waals surface area contributed by atoms with Crippen LogP contribution in [0, 0.1) is 19.8 Å². The van der Waals surface area contributed by atoms with E-state index in [2.05, 4.69) is 6.92 Å². The fraction of sp³-hybridized carbons (Fsp3) is 0.529. The Kier molecular flexibility index (Phi) is 4.66. The SMILES string of the molecule is CCC1CCN(C(=O)c2ccc(C)c(C)c2)C(C(=O)O)C1. The van der Waals surface area contributed by atoms with Crippen molar-refractivity contribution in [1.82, 2.24) is 4.90 Å². The van der Waals surface area contributed by atoms with Gasteiger partial charge in [0.05, 0.1) is 0 Å². The van der Waals surface area contributed by atoms with E-state index < -0.39 is 12.0 Å². The maximum Gasteiger partial charge on any atom is 0.326 e. The third-order valence-corrected chi connectivity index (χ3v) is 4.59. The molecule has 4 heteroatoms. The highest BCUT2D eigenvalue weighted by molar-refractivity contribution is 5.97. The van der Waals surface area contributed by atoms with Gasteiger partial charge in [-0.3, -0.25) is 4.79 Å². The van der Waals surface area contributed by atoms with Crippen molar-refractivity contribution in [2.24, 2.45) is 5.92 Å². The maximum atomic E-state index is 12.6. The zero-order valence-electron chi connectivity index (χ0n) is 12.9. The summed E-state index contributed by atoms with van der Waals surface area (Å²) < 4.78 is 0. The van der Waals surface area contributed by atoms with E-state index in [1.807, 2.05) is 26.0 Å². The van der Waals surface area contributed by atoms with Gasteiger partial charge < -0.3 is 10.0 Å². The van der Waals surface area contributed by atoms with E-state index in [0.29, 0.717) is 24.4 Å². The fourth-order valence-electron chi connectivity index (χ4n) is 2.93. The first-order valence-corrected chi connectivity index (χ1v) is 7.55. The van der Waals surface area contributed by atoms with Crippen LogP contribution >= 0.6 is 0 Å². The Balaban J connectivity index is 2.24. The molecule has 2 atom stereocenters. The predicted molar refractivity (Wildman–Crippen MR) is 81.4 cm³/mol. The van der Waals surface area contributed by atoms with Crippen LogP contribution in [0.15, 0.2) is 18.2 Å². The molecule has 0 aliphatic carbocycles.